The Labute approximate surface area is 93.8 Å². The molecular weight excluding hydrogens is 180 g/mol. The van der Waals surface area contributed by atoms with E-state index in [2.05, 4.69) is 44.2 Å². The molecule has 0 saturated heterocycles. The van der Waals surface area contributed by atoms with Gasteiger partial charge in [-0.15, -0.1) is 0 Å². The average Bonchev–Trinajstić information content (AvgIpc) is 2.30. The van der Waals surface area contributed by atoms with Crippen LogP contribution in [0.5, 0.6) is 0 Å². The van der Waals surface area contributed by atoms with E-state index in [1.165, 1.54) is 25.7 Å². The molecule has 0 amide bonds. The quantitative estimate of drug-likeness (QED) is 0.578. The minimum atomic E-state index is 0.771. The van der Waals surface area contributed by atoms with Crippen molar-refractivity contribution in [2.24, 2.45) is 17.8 Å². The largest absolute Gasteiger partial charge is 0.0885 e. The van der Waals surface area contributed by atoms with Crippen molar-refractivity contribution in [3.8, 4) is 0 Å². The zero-order valence-electron chi connectivity index (χ0n) is 9.95. The van der Waals surface area contributed by atoms with Crippen LogP contribution in [0.2, 0.25) is 0 Å². The molecule has 82 valence electrons. The highest BCUT2D eigenvalue weighted by Gasteiger charge is 2.18. The topological polar surface area (TPSA) is 0 Å². The molecule has 2 aliphatic carbocycles. The summed E-state index contributed by atoms with van der Waals surface area (Å²) in [6, 6.07) is 0. The molecule has 0 saturated carbocycles. The van der Waals surface area contributed by atoms with Gasteiger partial charge in [0.1, 0.15) is 0 Å². The Morgan fingerprint density at radius 3 is 2.60 bits per heavy atom. The number of rotatable bonds is 2. The van der Waals surface area contributed by atoms with Gasteiger partial charge in [-0.25, -0.2) is 0 Å². The van der Waals surface area contributed by atoms with Crippen LogP contribution in [-0.4, -0.2) is 0 Å². The molecule has 0 aliphatic heterocycles. The van der Waals surface area contributed by atoms with E-state index in [-0.39, 0.29) is 0 Å². The van der Waals surface area contributed by atoms with Crippen molar-refractivity contribution < 1.29 is 0 Å². The standard InChI is InChI=1S/C15H22/c1-12(2)13-8-10-15(11-9-13)14-6-4-3-5-7-14/h3-4,8,10-14H,5-7,9H2,1-2H3. The fourth-order valence-corrected chi connectivity index (χ4v) is 2.55. The van der Waals surface area contributed by atoms with Gasteiger partial charge < -0.3 is 0 Å². The van der Waals surface area contributed by atoms with Crippen molar-refractivity contribution >= 4 is 0 Å². The lowest BCUT2D eigenvalue weighted by Gasteiger charge is -2.25. The van der Waals surface area contributed by atoms with Gasteiger partial charge in [0.05, 0.1) is 0 Å². The first kappa shape index (κ1) is 10.7. The predicted molar refractivity (Wildman–Crippen MR) is 66.6 cm³/mol. The third kappa shape index (κ3) is 2.62. The highest BCUT2D eigenvalue weighted by molar-refractivity contribution is 5.27. The zero-order valence-corrected chi connectivity index (χ0v) is 9.95. The smallest absolute Gasteiger partial charge is 0.0128 e. The molecule has 2 rings (SSSR count). The maximum atomic E-state index is 2.48. The Morgan fingerprint density at radius 1 is 1.20 bits per heavy atom. The normalized spacial score (nSPS) is 30.7. The molecule has 0 aromatic rings. The molecule has 2 aliphatic rings. The maximum Gasteiger partial charge on any atom is -0.0128 e. The third-order valence-electron chi connectivity index (χ3n) is 3.76. The summed E-state index contributed by atoms with van der Waals surface area (Å²) in [4.78, 5) is 0. The molecule has 0 nitrogen and oxygen atoms in total. The second-order valence-electron chi connectivity index (χ2n) is 5.19. The molecule has 0 aromatic heterocycles. The molecule has 2 unspecified atom stereocenters. The molecule has 0 heteroatoms. The molecule has 0 spiro atoms. The molecule has 0 N–H and O–H groups in total. The highest BCUT2D eigenvalue weighted by Crippen LogP contribution is 2.32. The minimum absolute atomic E-state index is 0.771. The van der Waals surface area contributed by atoms with E-state index in [0.29, 0.717) is 0 Å². The summed E-state index contributed by atoms with van der Waals surface area (Å²) >= 11 is 0. The summed E-state index contributed by atoms with van der Waals surface area (Å²) in [6.07, 6.45) is 17.1. The van der Waals surface area contributed by atoms with Gasteiger partial charge in [-0.2, -0.15) is 0 Å². The molecule has 0 radical (unpaired) electrons. The van der Waals surface area contributed by atoms with Crippen LogP contribution in [-0.2, 0) is 0 Å². The fraction of sp³-hybridized carbons (Fsp3) is 0.600. The van der Waals surface area contributed by atoms with E-state index >= 15 is 0 Å². The summed E-state index contributed by atoms with van der Waals surface area (Å²) in [5.74, 6) is 2.36. The van der Waals surface area contributed by atoms with Crippen molar-refractivity contribution in [2.45, 2.75) is 39.5 Å². The molecule has 0 heterocycles. The lowest BCUT2D eigenvalue weighted by atomic mass is 9.81. The number of hydrogen-bond acceptors (Lipinski definition) is 0. The highest BCUT2D eigenvalue weighted by atomic mass is 14.2. The summed E-state index contributed by atoms with van der Waals surface area (Å²) in [5, 5.41) is 0. The Kier molecular flexibility index (Phi) is 3.45. The zero-order chi connectivity index (χ0) is 10.7. The van der Waals surface area contributed by atoms with Crippen molar-refractivity contribution in [1.82, 2.24) is 0 Å². The third-order valence-corrected chi connectivity index (χ3v) is 3.76. The number of hydrogen-bond donors (Lipinski definition) is 0. The lowest BCUT2D eigenvalue weighted by Crippen LogP contribution is -2.11. The Bertz CT molecular complexity index is 291. The van der Waals surface area contributed by atoms with Crippen molar-refractivity contribution in [3.05, 3.63) is 36.0 Å². The molecule has 2 atom stereocenters. The SMILES string of the molecule is CC(C)C1C=CC(C2CC=CCC2)=CC1. The van der Waals surface area contributed by atoms with E-state index in [1.54, 1.807) is 5.57 Å². The van der Waals surface area contributed by atoms with Gasteiger partial charge in [-0.1, -0.05) is 44.2 Å². The monoisotopic (exact) mass is 202 g/mol. The van der Waals surface area contributed by atoms with Crippen LogP contribution in [0, 0.1) is 17.8 Å². The first-order chi connectivity index (χ1) is 7.27. The molecule has 15 heavy (non-hydrogen) atoms. The van der Waals surface area contributed by atoms with Gasteiger partial charge in [0.15, 0.2) is 0 Å². The lowest BCUT2D eigenvalue weighted by molar-refractivity contribution is 0.458. The Hall–Kier alpha value is -0.780. The van der Waals surface area contributed by atoms with E-state index in [4.69, 9.17) is 0 Å². The van der Waals surface area contributed by atoms with Crippen molar-refractivity contribution in [2.75, 3.05) is 0 Å². The molecule has 0 bridgehead atoms. The van der Waals surface area contributed by atoms with Crippen LogP contribution < -0.4 is 0 Å². The summed E-state index contributed by atoms with van der Waals surface area (Å²) < 4.78 is 0. The summed E-state index contributed by atoms with van der Waals surface area (Å²) in [6.45, 7) is 4.63. The average molecular weight is 202 g/mol. The van der Waals surface area contributed by atoms with E-state index in [9.17, 15) is 0 Å². The van der Waals surface area contributed by atoms with Crippen LogP contribution in [0.1, 0.15) is 39.5 Å². The molecule has 0 aromatic carbocycles. The van der Waals surface area contributed by atoms with Gasteiger partial charge in [0.2, 0.25) is 0 Å². The fourth-order valence-electron chi connectivity index (χ4n) is 2.55. The molecular formula is C15H22. The Morgan fingerprint density at radius 2 is 2.07 bits per heavy atom. The minimum Gasteiger partial charge on any atom is -0.0885 e. The van der Waals surface area contributed by atoms with Crippen molar-refractivity contribution in [1.29, 1.82) is 0 Å². The van der Waals surface area contributed by atoms with Crippen LogP contribution in [0.3, 0.4) is 0 Å². The van der Waals surface area contributed by atoms with Crippen molar-refractivity contribution in [3.63, 3.8) is 0 Å². The maximum absolute atomic E-state index is 2.48. The summed E-state index contributed by atoms with van der Waals surface area (Å²) in [7, 11) is 0. The van der Waals surface area contributed by atoms with Crippen LogP contribution in [0.25, 0.3) is 0 Å². The van der Waals surface area contributed by atoms with E-state index in [0.717, 1.165) is 17.8 Å². The Balaban J connectivity index is 1.96. The second-order valence-corrected chi connectivity index (χ2v) is 5.19. The van der Waals surface area contributed by atoms with Crippen LogP contribution in [0.4, 0.5) is 0 Å². The molecule has 0 fully saturated rings. The second kappa shape index (κ2) is 4.83. The van der Waals surface area contributed by atoms with Crippen LogP contribution in [0.15, 0.2) is 36.0 Å². The van der Waals surface area contributed by atoms with Gasteiger partial charge >= 0.3 is 0 Å². The van der Waals surface area contributed by atoms with Gasteiger partial charge in [-0.05, 0) is 49.0 Å². The number of allylic oxidation sites excluding steroid dienone is 6. The predicted octanol–water partition coefficient (Wildman–Crippen LogP) is 4.50. The first-order valence-electron chi connectivity index (χ1n) is 6.30. The summed E-state index contributed by atoms with van der Waals surface area (Å²) in [5.41, 5.74) is 1.59. The van der Waals surface area contributed by atoms with Crippen LogP contribution >= 0.6 is 0 Å². The van der Waals surface area contributed by atoms with E-state index < -0.39 is 0 Å². The van der Waals surface area contributed by atoms with Gasteiger partial charge in [0, 0.05) is 0 Å². The first-order valence-corrected chi connectivity index (χ1v) is 6.30. The van der Waals surface area contributed by atoms with Gasteiger partial charge in [0.25, 0.3) is 0 Å². The van der Waals surface area contributed by atoms with E-state index in [1.807, 2.05) is 0 Å². The van der Waals surface area contributed by atoms with Gasteiger partial charge in [-0.3, -0.25) is 0 Å².